The molecule has 1 aliphatic carbocycles. The number of hydrogen-bond donors (Lipinski definition) is 2. The van der Waals surface area contributed by atoms with E-state index in [-0.39, 0.29) is 12.2 Å². The van der Waals surface area contributed by atoms with Crippen LogP contribution in [0.5, 0.6) is 0 Å². The minimum Gasteiger partial charge on any atom is -0.297 e. The van der Waals surface area contributed by atoms with Gasteiger partial charge in [-0.05, 0) is 12.8 Å². The number of rotatable bonds is 2. The number of hydrogen-bond acceptors (Lipinski definition) is 5. The Balaban J connectivity index is 2.41. The smallest absolute Gasteiger partial charge is 0.167 e. The highest BCUT2D eigenvalue weighted by molar-refractivity contribution is 5.84. The molecule has 5 heteroatoms. The van der Waals surface area contributed by atoms with Crippen molar-refractivity contribution in [2.45, 2.75) is 31.5 Å². The van der Waals surface area contributed by atoms with Crippen molar-refractivity contribution in [3.05, 3.63) is 0 Å². The maximum absolute atomic E-state index is 10.9. The van der Waals surface area contributed by atoms with Crippen molar-refractivity contribution in [1.29, 1.82) is 0 Å². The molecule has 64 valence electrons. The molecule has 1 rings (SSSR count). The average Bonchev–Trinajstić information content (AvgIpc) is 2.04. The molecule has 2 atom stereocenters. The lowest BCUT2D eigenvalue weighted by Crippen LogP contribution is -2.34. The molecule has 2 N–H and O–H groups in total. The molecule has 5 nitrogen and oxygen atoms in total. The van der Waals surface area contributed by atoms with Crippen LogP contribution in [0, 0.1) is 0 Å². The Bertz CT molecular complexity index is 146. The molecule has 0 aromatic rings. The molecule has 0 heterocycles. The SMILES string of the molecule is O=C1CC(OO)CCC1OO. The van der Waals surface area contributed by atoms with E-state index in [0.717, 1.165) is 0 Å². The molecular formula is C6H10O5. The quantitative estimate of drug-likeness (QED) is 0.455. The molecule has 0 spiro atoms. The summed E-state index contributed by atoms with van der Waals surface area (Å²) in [5, 5.41) is 16.4. The topological polar surface area (TPSA) is 76.0 Å². The molecule has 1 fully saturated rings. The van der Waals surface area contributed by atoms with E-state index < -0.39 is 12.2 Å². The molecule has 2 unspecified atom stereocenters. The Morgan fingerprint density at radius 3 is 2.45 bits per heavy atom. The predicted molar refractivity (Wildman–Crippen MR) is 33.9 cm³/mol. The van der Waals surface area contributed by atoms with E-state index in [9.17, 15) is 4.79 Å². The fourth-order valence-electron chi connectivity index (χ4n) is 1.16. The van der Waals surface area contributed by atoms with Crippen LogP contribution in [-0.4, -0.2) is 28.5 Å². The van der Waals surface area contributed by atoms with Gasteiger partial charge in [-0.1, -0.05) is 0 Å². The third kappa shape index (κ3) is 1.97. The van der Waals surface area contributed by atoms with E-state index in [1.807, 2.05) is 0 Å². The van der Waals surface area contributed by atoms with E-state index >= 15 is 0 Å². The van der Waals surface area contributed by atoms with Gasteiger partial charge in [0.25, 0.3) is 0 Å². The molecule has 0 saturated heterocycles. The Hall–Kier alpha value is -0.490. The van der Waals surface area contributed by atoms with Crippen molar-refractivity contribution in [2.24, 2.45) is 0 Å². The molecular weight excluding hydrogens is 152 g/mol. The second-order valence-electron chi connectivity index (χ2n) is 2.57. The Morgan fingerprint density at radius 1 is 1.27 bits per heavy atom. The summed E-state index contributed by atoms with van der Waals surface area (Å²) in [4.78, 5) is 18.8. The highest BCUT2D eigenvalue weighted by Crippen LogP contribution is 2.19. The van der Waals surface area contributed by atoms with E-state index in [1.165, 1.54) is 0 Å². The largest absolute Gasteiger partial charge is 0.297 e. The van der Waals surface area contributed by atoms with Crippen LogP contribution in [0.4, 0.5) is 0 Å². The zero-order valence-corrected chi connectivity index (χ0v) is 5.90. The van der Waals surface area contributed by atoms with Crippen molar-refractivity contribution in [2.75, 3.05) is 0 Å². The lowest BCUT2D eigenvalue weighted by Gasteiger charge is -2.22. The van der Waals surface area contributed by atoms with Crippen molar-refractivity contribution in [1.82, 2.24) is 0 Å². The van der Waals surface area contributed by atoms with Crippen LogP contribution in [0.1, 0.15) is 19.3 Å². The van der Waals surface area contributed by atoms with Gasteiger partial charge in [0.1, 0.15) is 0 Å². The van der Waals surface area contributed by atoms with Gasteiger partial charge < -0.3 is 0 Å². The standard InChI is InChI=1S/C6H10O5/c7-5-3-4(10-8)1-2-6(5)11-9/h4,6,8-9H,1-3H2. The molecule has 0 amide bonds. The molecule has 0 aliphatic heterocycles. The monoisotopic (exact) mass is 162 g/mol. The predicted octanol–water partition coefficient (Wildman–Crippen LogP) is 0.456. The van der Waals surface area contributed by atoms with Gasteiger partial charge in [0.05, 0.1) is 6.10 Å². The van der Waals surface area contributed by atoms with E-state index in [2.05, 4.69) is 9.78 Å². The van der Waals surface area contributed by atoms with E-state index in [0.29, 0.717) is 12.8 Å². The molecule has 1 saturated carbocycles. The van der Waals surface area contributed by atoms with Gasteiger partial charge in [0, 0.05) is 6.42 Å². The van der Waals surface area contributed by atoms with Crippen LogP contribution in [0.3, 0.4) is 0 Å². The molecule has 0 radical (unpaired) electrons. The number of Topliss-reactive ketones (excluding diaryl/α,β-unsaturated/α-hetero) is 1. The molecule has 0 bridgehead atoms. The van der Waals surface area contributed by atoms with Crippen molar-refractivity contribution >= 4 is 5.78 Å². The third-order valence-electron chi connectivity index (χ3n) is 1.82. The second-order valence-corrected chi connectivity index (χ2v) is 2.57. The minimum atomic E-state index is -0.735. The van der Waals surface area contributed by atoms with Crippen LogP contribution < -0.4 is 0 Å². The minimum absolute atomic E-state index is 0.0989. The summed E-state index contributed by atoms with van der Waals surface area (Å²) in [6.45, 7) is 0. The summed E-state index contributed by atoms with van der Waals surface area (Å²) in [6, 6.07) is 0. The number of ketones is 1. The first-order valence-electron chi connectivity index (χ1n) is 3.41. The summed E-state index contributed by atoms with van der Waals surface area (Å²) < 4.78 is 0. The lowest BCUT2D eigenvalue weighted by molar-refractivity contribution is -0.300. The Labute approximate surface area is 63.4 Å². The lowest BCUT2D eigenvalue weighted by atomic mass is 9.94. The van der Waals surface area contributed by atoms with Crippen molar-refractivity contribution < 1.29 is 25.1 Å². The maximum Gasteiger partial charge on any atom is 0.167 e. The second kappa shape index (κ2) is 3.77. The zero-order valence-electron chi connectivity index (χ0n) is 5.90. The summed E-state index contributed by atoms with van der Waals surface area (Å²) in [5.74, 6) is -0.238. The van der Waals surface area contributed by atoms with E-state index in [1.54, 1.807) is 0 Å². The van der Waals surface area contributed by atoms with Gasteiger partial charge in [-0.15, -0.1) is 0 Å². The number of carbonyl (C=O) groups excluding carboxylic acids is 1. The van der Waals surface area contributed by atoms with Crippen molar-refractivity contribution in [3.8, 4) is 0 Å². The highest BCUT2D eigenvalue weighted by atomic mass is 17.1. The molecule has 1 aliphatic rings. The fourth-order valence-corrected chi connectivity index (χ4v) is 1.16. The first-order chi connectivity index (χ1) is 5.27. The normalized spacial score (nSPS) is 32.4. The highest BCUT2D eigenvalue weighted by Gasteiger charge is 2.30. The molecule has 0 aromatic heterocycles. The van der Waals surface area contributed by atoms with Gasteiger partial charge >= 0.3 is 0 Å². The van der Waals surface area contributed by atoms with E-state index in [4.69, 9.17) is 10.5 Å². The summed E-state index contributed by atoms with van der Waals surface area (Å²) in [5.41, 5.74) is 0. The summed E-state index contributed by atoms with van der Waals surface area (Å²) in [7, 11) is 0. The van der Waals surface area contributed by atoms with Crippen LogP contribution in [-0.2, 0) is 14.6 Å². The van der Waals surface area contributed by atoms with Gasteiger partial charge in [-0.25, -0.2) is 9.78 Å². The zero-order chi connectivity index (χ0) is 8.27. The first-order valence-corrected chi connectivity index (χ1v) is 3.41. The maximum atomic E-state index is 10.9. The van der Waals surface area contributed by atoms with Crippen LogP contribution in [0.15, 0.2) is 0 Å². The average molecular weight is 162 g/mol. The summed E-state index contributed by atoms with van der Waals surface area (Å²) in [6.07, 6.45) is -0.161. The number of carbonyl (C=O) groups is 1. The third-order valence-corrected chi connectivity index (χ3v) is 1.82. The summed E-state index contributed by atoms with van der Waals surface area (Å²) >= 11 is 0. The Morgan fingerprint density at radius 2 is 2.00 bits per heavy atom. The first kappa shape index (κ1) is 8.61. The van der Waals surface area contributed by atoms with Crippen molar-refractivity contribution in [3.63, 3.8) is 0 Å². The van der Waals surface area contributed by atoms with Crippen LogP contribution in [0.25, 0.3) is 0 Å². The van der Waals surface area contributed by atoms with Gasteiger partial charge in [0.15, 0.2) is 11.9 Å². The fraction of sp³-hybridized carbons (Fsp3) is 0.833. The van der Waals surface area contributed by atoms with Crippen LogP contribution >= 0.6 is 0 Å². The Kier molecular flexibility index (Phi) is 2.95. The molecule has 0 aromatic carbocycles. The van der Waals surface area contributed by atoms with Crippen LogP contribution in [0.2, 0.25) is 0 Å². The van der Waals surface area contributed by atoms with Gasteiger partial charge in [0.2, 0.25) is 0 Å². The molecule has 11 heavy (non-hydrogen) atoms. The van der Waals surface area contributed by atoms with Gasteiger partial charge in [-0.2, -0.15) is 0 Å². The van der Waals surface area contributed by atoms with Gasteiger partial charge in [-0.3, -0.25) is 15.3 Å².